The molecule has 0 aromatic heterocycles. The second kappa shape index (κ2) is 5.71. The van der Waals surface area contributed by atoms with Gasteiger partial charge in [0.05, 0.1) is 6.10 Å². The molecule has 98 valence electrons. The number of likely N-dealkylation sites (tertiary alicyclic amines) is 1. The van der Waals surface area contributed by atoms with Crippen molar-refractivity contribution in [2.75, 3.05) is 26.2 Å². The van der Waals surface area contributed by atoms with E-state index in [1.165, 1.54) is 0 Å². The average molecular weight is 240 g/mol. The van der Waals surface area contributed by atoms with Crippen LogP contribution in [-0.2, 0) is 4.74 Å². The van der Waals surface area contributed by atoms with Crippen molar-refractivity contribution in [3.63, 3.8) is 0 Å². The van der Waals surface area contributed by atoms with Gasteiger partial charge in [0, 0.05) is 32.2 Å². The van der Waals surface area contributed by atoms with Crippen molar-refractivity contribution < 1.29 is 9.53 Å². The highest BCUT2D eigenvalue weighted by molar-refractivity contribution is 5.74. The van der Waals surface area contributed by atoms with Crippen LogP contribution in [0.3, 0.4) is 0 Å². The third-order valence-electron chi connectivity index (χ3n) is 4.12. The number of hydrogen-bond acceptors (Lipinski definition) is 2. The minimum absolute atomic E-state index is 0.107. The van der Waals surface area contributed by atoms with Crippen LogP contribution < -0.4 is 5.32 Å². The third-order valence-corrected chi connectivity index (χ3v) is 4.12. The fraction of sp³-hybridized carbons (Fsp3) is 0.923. The van der Waals surface area contributed by atoms with Crippen molar-refractivity contribution in [3.05, 3.63) is 0 Å². The van der Waals surface area contributed by atoms with Gasteiger partial charge in [-0.1, -0.05) is 6.92 Å². The van der Waals surface area contributed by atoms with Crippen LogP contribution >= 0.6 is 0 Å². The molecule has 0 aromatic rings. The standard InChI is InChI=1S/C13H24N2O2/c1-10-3-6-15(7-4-10)13(16)14-9-12-5-8-17-11(12)2/h10-12H,3-9H2,1-2H3,(H,14,16). The number of nitrogens with one attached hydrogen (secondary N) is 1. The number of hydrogen-bond donors (Lipinski definition) is 1. The maximum Gasteiger partial charge on any atom is 0.317 e. The van der Waals surface area contributed by atoms with E-state index in [4.69, 9.17) is 4.74 Å². The molecule has 0 aliphatic carbocycles. The van der Waals surface area contributed by atoms with Gasteiger partial charge in [0.15, 0.2) is 0 Å². The van der Waals surface area contributed by atoms with Crippen molar-refractivity contribution in [2.24, 2.45) is 11.8 Å². The first-order valence-corrected chi connectivity index (χ1v) is 6.81. The van der Waals surface area contributed by atoms with Crippen molar-refractivity contribution in [1.29, 1.82) is 0 Å². The zero-order valence-corrected chi connectivity index (χ0v) is 10.9. The highest BCUT2D eigenvalue weighted by Gasteiger charge is 2.26. The maximum absolute atomic E-state index is 11.9. The molecule has 2 amide bonds. The van der Waals surface area contributed by atoms with Gasteiger partial charge in [0.2, 0.25) is 0 Å². The van der Waals surface area contributed by atoms with Crippen LogP contribution in [-0.4, -0.2) is 43.3 Å². The van der Waals surface area contributed by atoms with E-state index in [1.54, 1.807) is 0 Å². The van der Waals surface area contributed by atoms with Crippen molar-refractivity contribution in [1.82, 2.24) is 10.2 Å². The number of nitrogens with zero attached hydrogens (tertiary/aromatic N) is 1. The quantitative estimate of drug-likeness (QED) is 0.800. The Morgan fingerprint density at radius 1 is 1.29 bits per heavy atom. The van der Waals surface area contributed by atoms with Gasteiger partial charge in [0.25, 0.3) is 0 Å². The molecule has 2 aliphatic heterocycles. The zero-order valence-electron chi connectivity index (χ0n) is 10.9. The molecule has 2 atom stereocenters. The highest BCUT2D eigenvalue weighted by Crippen LogP contribution is 2.20. The minimum Gasteiger partial charge on any atom is -0.378 e. The summed E-state index contributed by atoms with van der Waals surface area (Å²) < 4.78 is 5.49. The molecule has 17 heavy (non-hydrogen) atoms. The lowest BCUT2D eigenvalue weighted by atomic mass is 9.99. The molecule has 0 radical (unpaired) electrons. The van der Waals surface area contributed by atoms with Gasteiger partial charge in [-0.2, -0.15) is 0 Å². The molecule has 4 heteroatoms. The summed E-state index contributed by atoms with van der Waals surface area (Å²) in [7, 11) is 0. The molecule has 0 bridgehead atoms. The van der Waals surface area contributed by atoms with Crippen molar-refractivity contribution in [3.8, 4) is 0 Å². The van der Waals surface area contributed by atoms with Crippen LogP contribution in [0.25, 0.3) is 0 Å². The van der Waals surface area contributed by atoms with Crippen molar-refractivity contribution >= 4 is 6.03 Å². The largest absolute Gasteiger partial charge is 0.378 e. The summed E-state index contributed by atoms with van der Waals surface area (Å²) in [6.45, 7) is 7.75. The van der Waals surface area contributed by atoms with E-state index < -0.39 is 0 Å². The van der Waals surface area contributed by atoms with Crippen molar-refractivity contribution in [2.45, 2.75) is 39.2 Å². The second-order valence-corrected chi connectivity index (χ2v) is 5.48. The van der Waals surface area contributed by atoms with E-state index >= 15 is 0 Å². The molecule has 2 fully saturated rings. The van der Waals surface area contributed by atoms with Gasteiger partial charge in [-0.05, 0) is 32.1 Å². The van der Waals surface area contributed by atoms with Crippen LogP contribution in [0, 0.1) is 11.8 Å². The second-order valence-electron chi connectivity index (χ2n) is 5.48. The van der Waals surface area contributed by atoms with E-state index in [0.717, 1.165) is 51.4 Å². The SMILES string of the molecule is CC1CCN(C(=O)NCC2CCOC2C)CC1. The molecule has 4 nitrogen and oxygen atoms in total. The van der Waals surface area contributed by atoms with Crippen LogP contribution in [0.15, 0.2) is 0 Å². The summed E-state index contributed by atoms with van der Waals surface area (Å²) in [6, 6.07) is 0.107. The van der Waals surface area contributed by atoms with E-state index in [2.05, 4.69) is 19.2 Å². The molecule has 0 saturated carbocycles. The summed E-state index contributed by atoms with van der Waals surface area (Å²) >= 11 is 0. The highest BCUT2D eigenvalue weighted by atomic mass is 16.5. The van der Waals surface area contributed by atoms with E-state index in [9.17, 15) is 4.79 Å². The normalized spacial score (nSPS) is 30.6. The van der Waals surface area contributed by atoms with E-state index in [0.29, 0.717) is 5.92 Å². The minimum atomic E-state index is 0.107. The molecular formula is C13H24N2O2. The number of carbonyl (C=O) groups excluding carboxylic acids is 1. The van der Waals surface area contributed by atoms with Gasteiger partial charge in [-0.3, -0.25) is 0 Å². The number of rotatable bonds is 2. The van der Waals surface area contributed by atoms with Crippen LogP contribution in [0.2, 0.25) is 0 Å². The molecule has 1 N–H and O–H groups in total. The average Bonchev–Trinajstić information content (AvgIpc) is 2.73. The first kappa shape index (κ1) is 12.7. The lowest BCUT2D eigenvalue weighted by molar-refractivity contribution is 0.105. The Hall–Kier alpha value is -0.770. The summed E-state index contributed by atoms with van der Waals surface area (Å²) in [5.41, 5.74) is 0. The van der Waals surface area contributed by atoms with E-state index in [1.807, 2.05) is 4.90 Å². The van der Waals surface area contributed by atoms with Gasteiger partial charge < -0.3 is 15.0 Å². The van der Waals surface area contributed by atoms with Gasteiger partial charge in [-0.25, -0.2) is 4.79 Å². The zero-order chi connectivity index (χ0) is 12.3. The Morgan fingerprint density at radius 2 is 2.00 bits per heavy atom. The van der Waals surface area contributed by atoms with Gasteiger partial charge >= 0.3 is 6.03 Å². The smallest absolute Gasteiger partial charge is 0.317 e. The fourth-order valence-corrected chi connectivity index (χ4v) is 2.59. The lowest BCUT2D eigenvalue weighted by Gasteiger charge is -2.30. The Kier molecular flexibility index (Phi) is 4.26. The number of amides is 2. The molecule has 0 spiro atoms. The molecule has 2 heterocycles. The molecule has 2 unspecified atom stereocenters. The first-order chi connectivity index (χ1) is 8.16. The van der Waals surface area contributed by atoms with Gasteiger partial charge in [-0.15, -0.1) is 0 Å². The summed E-state index contributed by atoms with van der Waals surface area (Å²) in [5, 5.41) is 3.05. The topological polar surface area (TPSA) is 41.6 Å². The number of piperidine rings is 1. The fourth-order valence-electron chi connectivity index (χ4n) is 2.59. The van der Waals surface area contributed by atoms with Gasteiger partial charge in [0.1, 0.15) is 0 Å². The Bertz CT molecular complexity index is 262. The third kappa shape index (κ3) is 3.35. The summed E-state index contributed by atoms with van der Waals surface area (Å²) in [4.78, 5) is 13.9. The summed E-state index contributed by atoms with van der Waals surface area (Å²) in [5.74, 6) is 1.25. The summed E-state index contributed by atoms with van der Waals surface area (Å²) in [6.07, 6.45) is 3.63. The number of urea groups is 1. The Morgan fingerprint density at radius 3 is 2.59 bits per heavy atom. The number of ether oxygens (including phenoxy) is 1. The molecule has 0 aromatic carbocycles. The molecule has 2 aliphatic rings. The first-order valence-electron chi connectivity index (χ1n) is 6.81. The molecule has 2 saturated heterocycles. The van der Waals surface area contributed by atoms with Crippen LogP contribution in [0.1, 0.15) is 33.1 Å². The predicted octanol–water partition coefficient (Wildman–Crippen LogP) is 1.85. The number of carbonyl (C=O) groups is 1. The Labute approximate surface area is 104 Å². The predicted molar refractivity (Wildman–Crippen MR) is 66.9 cm³/mol. The maximum atomic E-state index is 11.9. The molecular weight excluding hydrogens is 216 g/mol. The van der Waals surface area contributed by atoms with Crippen LogP contribution in [0.4, 0.5) is 4.79 Å². The Balaban J connectivity index is 1.70. The monoisotopic (exact) mass is 240 g/mol. The van der Waals surface area contributed by atoms with E-state index in [-0.39, 0.29) is 12.1 Å². The van der Waals surface area contributed by atoms with Crippen LogP contribution in [0.5, 0.6) is 0 Å². The lowest BCUT2D eigenvalue weighted by Crippen LogP contribution is -2.45. The molecule has 2 rings (SSSR count).